The van der Waals surface area contributed by atoms with Gasteiger partial charge in [0.05, 0.1) is 0 Å². The van der Waals surface area contributed by atoms with E-state index in [1.807, 2.05) is 29.2 Å². The van der Waals surface area contributed by atoms with Crippen molar-refractivity contribution in [2.75, 3.05) is 19.7 Å². The van der Waals surface area contributed by atoms with Crippen LogP contribution in [-0.4, -0.2) is 47.8 Å². The number of nitrogens with zero attached hydrogens (tertiary/aromatic N) is 1. The average Bonchev–Trinajstić information content (AvgIpc) is 2.49. The number of carboxylic acids is 1. The van der Waals surface area contributed by atoms with Crippen LogP contribution in [0.3, 0.4) is 0 Å². The molecule has 0 saturated carbocycles. The summed E-state index contributed by atoms with van der Waals surface area (Å²) in [4.78, 5) is 13.5. The molecule has 1 aromatic rings. The first-order valence-electron chi connectivity index (χ1n) is 7.49. The van der Waals surface area contributed by atoms with Crippen molar-refractivity contribution in [2.24, 2.45) is 5.92 Å². The second-order valence-corrected chi connectivity index (χ2v) is 5.98. The van der Waals surface area contributed by atoms with Crippen molar-refractivity contribution < 1.29 is 19.4 Å². The van der Waals surface area contributed by atoms with E-state index in [1.54, 1.807) is 0 Å². The minimum atomic E-state index is -0.737. The van der Waals surface area contributed by atoms with Gasteiger partial charge in [0.15, 0.2) is 11.5 Å². The minimum absolute atomic E-state index is 0.116. The number of benzene rings is 1. The van der Waals surface area contributed by atoms with Gasteiger partial charge in [0.25, 0.3) is 0 Å². The van der Waals surface area contributed by atoms with E-state index in [9.17, 15) is 9.90 Å². The summed E-state index contributed by atoms with van der Waals surface area (Å²) in [5.41, 5.74) is 0. The van der Waals surface area contributed by atoms with E-state index in [-0.39, 0.29) is 6.10 Å². The number of hydrogen-bond donors (Lipinski definition) is 1. The van der Waals surface area contributed by atoms with Gasteiger partial charge in [0, 0.05) is 6.54 Å². The third kappa shape index (κ3) is 3.13. The molecule has 0 amide bonds. The van der Waals surface area contributed by atoms with Crippen LogP contribution < -0.4 is 9.47 Å². The van der Waals surface area contributed by atoms with Crippen molar-refractivity contribution >= 4 is 5.97 Å². The van der Waals surface area contributed by atoms with Gasteiger partial charge in [-0.05, 0) is 37.4 Å². The Kier molecular flexibility index (Phi) is 4.01. The molecule has 1 N–H and O–H groups in total. The van der Waals surface area contributed by atoms with E-state index in [0.29, 0.717) is 25.5 Å². The van der Waals surface area contributed by atoms with Crippen molar-refractivity contribution in [1.29, 1.82) is 0 Å². The Morgan fingerprint density at radius 1 is 1.38 bits per heavy atom. The number of carboxylic acid groups (broad SMARTS) is 1. The van der Waals surface area contributed by atoms with E-state index < -0.39 is 12.0 Å². The van der Waals surface area contributed by atoms with E-state index >= 15 is 0 Å². The molecule has 2 heterocycles. The molecule has 0 aromatic heterocycles. The highest BCUT2D eigenvalue weighted by atomic mass is 16.6. The summed E-state index contributed by atoms with van der Waals surface area (Å²) >= 11 is 0. The topological polar surface area (TPSA) is 59.0 Å². The molecule has 21 heavy (non-hydrogen) atoms. The molecular formula is C16H21NO4. The molecular weight excluding hydrogens is 270 g/mol. The maximum absolute atomic E-state index is 11.4. The molecule has 0 radical (unpaired) electrons. The zero-order chi connectivity index (χ0) is 14.8. The average molecular weight is 291 g/mol. The predicted octanol–water partition coefficient (Wildman–Crippen LogP) is 2.01. The van der Waals surface area contributed by atoms with Crippen molar-refractivity contribution in [3.63, 3.8) is 0 Å². The Balaban J connectivity index is 1.65. The summed E-state index contributed by atoms with van der Waals surface area (Å²) in [6.45, 7) is 3.98. The van der Waals surface area contributed by atoms with Crippen LogP contribution in [-0.2, 0) is 4.79 Å². The quantitative estimate of drug-likeness (QED) is 0.923. The lowest BCUT2D eigenvalue weighted by Crippen LogP contribution is -2.51. The van der Waals surface area contributed by atoms with Gasteiger partial charge < -0.3 is 14.6 Å². The van der Waals surface area contributed by atoms with Crippen LogP contribution in [0, 0.1) is 5.92 Å². The van der Waals surface area contributed by atoms with Gasteiger partial charge in [0.1, 0.15) is 18.8 Å². The SMILES string of the molecule is CC1CCN(CC2COc3ccccc3O2)C(C(=O)O)C1. The number of para-hydroxylation sites is 2. The molecule has 5 heteroatoms. The lowest BCUT2D eigenvalue weighted by Gasteiger charge is -2.38. The zero-order valence-corrected chi connectivity index (χ0v) is 12.2. The molecule has 3 atom stereocenters. The molecule has 1 saturated heterocycles. The first kappa shape index (κ1) is 14.2. The van der Waals surface area contributed by atoms with Gasteiger partial charge in [-0.25, -0.2) is 0 Å². The van der Waals surface area contributed by atoms with Crippen molar-refractivity contribution in [3.8, 4) is 11.5 Å². The van der Waals surface area contributed by atoms with Crippen LogP contribution in [0.1, 0.15) is 19.8 Å². The zero-order valence-electron chi connectivity index (χ0n) is 12.2. The van der Waals surface area contributed by atoms with E-state index in [2.05, 4.69) is 6.92 Å². The molecule has 1 fully saturated rings. The van der Waals surface area contributed by atoms with Crippen LogP contribution in [0.25, 0.3) is 0 Å². The maximum atomic E-state index is 11.4. The summed E-state index contributed by atoms with van der Waals surface area (Å²) in [7, 11) is 0. The fourth-order valence-electron chi connectivity index (χ4n) is 3.08. The molecule has 3 rings (SSSR count). The summed E-state index contributed by atoms with van der Waals surface area (Å²) in [5.74, 6) is 1.23. The molecule has 1 aromatic carbocycles. The fraction of sp³-hybridized carbons (Fsp3) is 0.562. The van der Waals surface area contributed by atoms with Crippen LogP contribution in [0.15, 0.2) is 24.3 Å². The Morgan fingerprint density at radius 3 is 2.90 bits per heavy atom. The van der Waals surface area contributed by atoms with Gasteiger partial charge in [-0.15, -0.1) is 0 Å². The monoisotopic (exact) mass is 291 g/mol. The highest BCUT2D eigenvalue weighted by molar-refractivity contribution is 5.73. The lowest BCUT2D eigenvalue weighted by atomic mass is 9.92. The second kappa shape index (κ2) is 5.93. The van der Waals surface area contributed by atoms with Gasteiger partial charge in [-0.1, -0.05) is 19.1 Å². The third-order valence-corrected chi connectivity index (χ3v) is 4.27. The van der Waals surface area contributed by atoms with Gasteiger partial charge in [-0.2, -0.15) is 0 Å². The largest absolute Gasteiger partial charge is 0.486 e. The second-order valence-electron chi connectivity index (χ2n) is 5.98. The lowest BCUT2D eigenvalue weighted by molar-refractivity contribution is -0.146. The normalized spacial score (nSPS) is 29.1. The summed E-state index contributed by atoms with van der Waals surface area (Å²) < 4.78 is 11.6. The molecule has 2 aliphatic rings. The van der Waals surface area contributed by atoms with E-state index in [0.717, 1.165) is 24.5 Å². The van der Waals surface area contributed by atoms with Gasteiger partial charge >= 0.3 is 5.97 Å². The highest BCUT2D eigenvalue weighted by Gasteiger charge is 2.34. The number of aliphatic carboxylic acids is 1. The highest BCUT2D eigenvalue weighted by Crippen LogP contribution is 2.32. The van der Waals surface area contributed by atoms with E-state index in [4.69, 9.17) is 9.47 Å². The number of fused-ring (bicyclic) bond motifs is 1. The number of piperidine rings is 1. The number of ether oxygens (including phenoxy) is 2. The maximum Gasteiger partial charge on any atom is 0.320 e. The Labute approximate surface area is 124 Å². The van der Waals surface area contributed by atoms with Crippen LogP contribution >= 0.6 is 0 Å². The van der Waals surface area contributed by atoms with Gasteiger partial charge in [-0.3, -0.25) is 9.69 Å². The Hall–Kier alpha value is -1.75. The summed E-state index contributed by atoms with van der Waals surface area (Å²) in [6, 6.07) is 7.18. The molecule has 5 nitrogen and oxygen atoms in total. The molecule has 3 unspecified atom stereocenters. The summed E-state index contributed by atoms with van der Waals surface area (Å²) in [5, 5.41) is 9.40. The number of carbonyl (C=O) groups is 1. The van der Waals surface area contributed by atoms with Crippen LogP contribution in [0.5, 0.6) is 11.5 Å². The fourth-order valence-corrected chi connectivity index (χ4v) is 3.08. The third-order valence-electron chi connectivity index (χ3n) is 4.27. The standard InChI is InChI=1S/C16H21NO4/c1-11-6-7-17(13(8-11)16(18)19)9-12-10-20-14-4-2-3-5-15(14)21-12/h2-5,11-13H,6-10H2,1H3,(H,18,19). The first-order chi connectivity index (χ1) is 10.1. The predicted molar refractivity (Wildman–Crippen MR) is 77.7 cm³/mol. The number of likely N-dealkylation sites (tertiary alicyclic amines) is 1. The smallest absolute Gasteiger partial charge is 0.320 e. The molecule has 114 valence electrons. The van der Waals surface area contributed by atoms with E-state index in [1.165, 1.54) is 0 Å². The van der Waals surface area contributed by atoms with Crippen LogP contribution in [0.2, 0.25) is 0 Å². The number of hydrogen-bond acceptors (Lipinski definition) is 4. The molecule has 0 bridgehead atoms. The van der Waals surface area contributed by atoms with Crippen LogP contribution in [0.4, 0.5) is 0 Å². The van der Waals surface area contributed by atoms with Crippen molar-refractivity contribution in [2.45, 2.75) is 31.9 Å². The minimum Gasteiger partial charge on any atom is -0.486 e. The Morgan fingerprint density at radius 2 is 2.14 bits per heavy atom. The molecule has 0 aliphatic carbocycles. The van der Waals surface area contributed by atoms with Crippen molar-refractivity contribution in [3.05, 3.63) is 24.3 Å². The van der Waals surface area contributed by atoms with Gasteiger partial charge in [0.2, 0.25) is 0 Å². The first-order valence-corrected chi connectivity index (χ1v) is 7.49. The summed E-state index contributed by atoms with van der Waals surface area (Å²) in [6.07, 6.45) is 1.63. The van der Waals surface area contributed by atoms with Crippen molar-refractivity contribution in [1.82, 2.24) is 4.90 Å². The Bertz CT molecular complexity index is 519. The molecule has 2 aliphatic heterocycles. The molecule has 0 spiro atoms. The number of rotatable bonds is 3.